The molecule has 1 rings (SSSR count). The van der Waals surface area contributed by atoms with Gasteiger partial charge in [-0.15, -0.1) is 4.40 Å². The minimum Gasteiger partial charge on any atom is -0.289 e. The summed E-state index contributed by atoms with van der Waals surface area (Å²) in [5, 5.41) is 4.68. The molecule has 2 amide bonds. The standard InChI is InChI=1S/C2H2N6O3S/c3-8-5-1-4-2(9)7-12(10,11)6-1/h(H2,4,6,7,9). The molecule has 12 heavy (non-hydrogen) atoms. The summed E-state index contributed by atoms with van der Waals surface area (Å²) in [4.78, 5) is 12.7. The molecule has 0 spiro atoms. The summed E-state index contributed by atoms with van der Waals surface area (Å²) in [6, 6.07) is -1.01. The summed E-state index contributed by atoms with van der Waals surface area (Å²) in [5.41, 5.74) is 7.89. The van der Waals surface area contributed by atoms with Crippen LogP contribution in [0.15, 0.2) is 9.51 Å². The quantitative estimate of drug-likeness (QED) is 0.294. The summed E-state index contributed by atoms with van der Waals surface area (Å²) < 4.78 is 25.6. The Morgan fingerprint density at radius 3 is 2.75 bits per heavy atom. The fourth-order valence-corrected chi connectivity index (χ4v) is 1.13. The third-order valence-electron chi connectivity index (χ3n) is 0.793. The van der Waals surface area contributed by atoms with Crippen LogP contribution in [0.25, 0.3) is 10.4 Å². The number of carbonyl (C=O) groups is 1. The molecule has 0 radical (unpaired) electrons. The Hall–Kier alpha value is -1.80. The molecule has 0 unspecified atom stereocenters. The van der Waals surface area contributed by atoms with Crippen LogP contribution in [0.1, 0.15) is 0 Å². The summed E-state index contributed by atoms with van der Waals surface area (Å²) in [6.45, 7) is 0. The highest BCUT2D eigenvalue weighted by molar-refractivity contribution is 7.89. The fourth-order valence-electron chi connectivity index (χ4n) is 0.489. The van der Waals surface area contributed by atoms with Gasteiger partial charge in [0.05, 0.1) is 0 Å². The van der Waals surface area contributed by atoms with Gasteiger partial charge in [0.15, 0.2) is 0 Å². The van der Waals surface area contributed by atoms with Crippen molar-refractivity contribution in [1.82, 2.24) is 10.0 Å². The number of rotatable bonds is 0. The maximum atomic E-state index is 10.6. The van der Waals surface area contributed by atoms with Gasteiger partial charge >= 0.3 is 16.2 Å². The van der Waals surface area contributed by atoms with E-state index in [4.69, 9.17) is 5.53 Å². The molecular weight excluding hydrogens is 188 g/mol. The van der Waals surface area contributed by atoms with Crippen LogP contribution in [0.4, 0.5) is 4.79 Å². The molecule has 1 aliphatic heterocycles. The zero-order valence-electron chi connectivity index (χ0n) is 5.42. The fraction of sp³-hybridized carbons (Fsp3) is 0. The van der Waals surface area contributed by atoms with Crippen LogP contribution < -0.4 is 10.0 Å². The molecule has 0 atom stereocenters. The van der Waals surface area contributed by atoms with Gasteiger partial charge in [0.25, 0.3) is 0 Å². The lowest BCUT2D eigenvalue weighted by Crippen LogP contribution is -2.46. The van der Waals surface area contributed by atoms with E-state index in [0.29, 0.717) is 0 Å². The van der Waals surface area contributed by atoms with Crippen molar-refractivity contribution in [2.45, 2.75) is 0 Å². The van der Waals surface area contributed by atoms with Crippen LogP contribution in [0.5, 0.6) is 0 Å². The van der Waals surface area contributed by atoms with Crippen molar-refractivity contribution < 1.29 is 13.2 Å². The van der Waals surface area contributed by atoms with Crippen molar-refractivity contribution in [1.29, 1.82) is 0 Å². The normalized spacial score (nSPS) is 19.7. The lowest BCUT2D eigenvalue weighted by molar-refractivity contribution is 0.249. The molecule has 0 aromatic rings. The van der Waals surface area contributed by atoms with E-state index >= 15 is 0 Å². The number of hydrogen-bond acceptors (Lipinski definition) is 4. The molecule has 0 saturated carbocycles. The van der Waals surface area contributed by atoms with E-state index in [-0.39, 0.29) is 0 Å². The van der Waals surface area contributed by atoms with Crippen molar-refractivity contribution >= 4 is 22.2 Å². The highest BCUT2D eigenvalue weighted by Gasteiger charge is 2.20. The van der Waals surface area contributed by atoms with Crippen molar-refractivity contribution in [2.24, 2.45) is 9.51 Å². The van der Waals surface area contributed by atoms with Crippen LogP contribution >= 0.6 is 0 Å². The number of hydrogen-bond donors (Lipinski definition) is 2. The second kappa shape index (κ2) is 2.68. The number of azide groups is 1. The Labute approximate surface area is 66.3 Å². The van der Waals surface area contributed by atoms with Crippen molar-refractivity contribution in [3.63, 3.8) is 0 Å². The predicted molar refractivity (Wildman–Crippen MR) is 37.2 cm³/mol. The molecule has 64 valence electrons. The molecule has 2 N–H and O–H groups in total. The molecule has 0 aliphatic carbocycles. The summed E-state index contributed by atoms with van der Waals surface area (Å²) in [6.07, 6.45) is 0. The van der Waals surface area contributed by atoms with E-state index in [9.17, 15) is 13.2 Å². The predicted octanol–water partition coefficient (Wildman–Crippen LogP) is -0.790. The molecule has 0 fully saturated rings. The second-order valence-electron chi connectivity index (χ2n) is 1.64. The minimum absolute atomic E-state index is 0.596. The Morgan fingerprint density at radius 1 is 1.58 bits per heavy atom. The highest BCUT2D eigenvalue weighted by atomic mass is 32.2. The molecule has 0 aromatic heterocycles. The van der Waals surface area contributed by atoms with E-state index in [1.54, 1.807) is 0 Å². The van der Waals surface area contributed by atoms with Gasteiger partial charge < -0.3 is 0 Å². The second-order valence-corrected chi connectivity index (χ2v) is 2.97. The maximum Gasteiger partial charge on any atom is 0.347 e. The average molecular weight is 190 g/mol. The monoisotopic (exact) mass is 190 g/mol. The third-order valence-corrected chi connectivity index (χ3v) is 1.65. The molecule has 1 aliphatic rings. The van der Waals surface area contributed by atoms with E-state index in [2.05, 4.69) is 14.4 Å². The van der Waals surface area contributed by atoms with Gasteiger partial charge in [-0.3, -0.25) is 5.32 Å². The summed E-state index contributed by atoms with van der Waals surface area (Å²) in [7, 11) is -4.04. The third kappa shape index (κ3) is 1.84. The van der Waals surface area contributed by atoms with E-state index < -0.39 is 22.2 Å². The number of nitrogens with zero attached hydrogens (tertiary/aromatic N) is 4. The molecule has 0 bridgehead atoms. The zero-order chi connectivity index (χ0) is 9.19. The average Bonchev–Trinajstić information content (AvgIpc) is 1.82. The minimum atomic E-state index is -4.04. The van der Waals surface area contributed by atoms with Crippen LogP contribution in [-0.4, -0.2) is 20.4 Å². The van der Waals surface area contributed by atoms with E-state index in [0.717, 1.165) is 0 Å². The summed E-state index contributed by atoms with van der Waals surface area (Å²) in [5.74, 6) is -0.596. The number of guanidine groups is 1. The van der Waals surface area contributed by atoms with Crippen LogP contribution in [0.2, 0.25) is 0 Å². The number of carbonyl (C=O) groups excluding carboxylic acids is 1. The number of amides is 2. The van der Waals surface area contributed by atoms with E-state index in [1.807, 2.05) is 5.32 Å². The molecule has 9 nitrogen and oxygen atoms in total. The lowest BCUT2D eigenvalue weighted by Gasteiger charge is -2.09. The van der Waals surface area contributed by atoms with E-state index in [1.165, 1.54) is 4.72 Å². The first-order valence-electron chi connectivity index (χ1n) is 2.52. The zero-order valence-corrected chi connectivity index (χ0v) is 6.24. The maximum absolute atomic E-state index is 10.6. The highest BCUT2D eigenvalue weighted by Crippen LogP contribution is 1.94. The number of nitrogens with one attached hydrogen (secondary N) is 2. The molecule has 10 heteroatoms. The Bertz CT molecular complexity index is 387. The smallest absolute Gasteiger partial charge is 0.289 e. The lowest BCUT2D eigenvalue weighted by atomic mass is 10.9. The first-order chi connectivity index (χ1) is 5.53. The SMILES string of the molecule is [N-]=[N+]=NC1=NS(=O)(=O)NC(=O)N1. The van der Waals surface area contributed by atoms with Gasteiger partial charge in [-0.2, -0.15) is 8.42 Å². The largest absolute Gasteiger partial charge is 0.347 e. The van der Waals surface area contributed by atoms with Gasteiger partial charge in [-0.1, -0.05) is 0 Å². The van der Waals surface area contributed by atoms with Crippen molar-refractivity contribution in [2.75, 3.05) is 0 Å². The van der Waals surface area contributed by atoms with Crippen LogP contribution in [0.3, 0.4) is 0 Å². The van der Waals surface area contributed by atoms with Crippen molar-refractivity contribution in [3.8, 4) is 0 Å². The topological polar surface area (TPSA) is 136 Å². The Balaban J connectivity index is 3.12. The van der Waals surface area contributed by atoms with Gasteiger partial charge in [0, 0.05) is 4.91 Å². The first kappa shape index (κ1) is 8.30. The molecular formula is C2H2N6O3S. The Kier molecular flexibility index (Phi) is 1.85. The van der Waals surface area contributed by atoms with Crippen LogP contribution in [-0.2, 0) is 10.2 Å². The first-order valence-corrected chi connectivity index (χ1v) is 3.96. The van der Waals surface area contributed by atoms with Gasteiger partial charge in [0.2, 0.25) is 5.96 Å². The molecule has 0 saturated heterocycles. The van der Waals surface area contributed by atoms with Gasteiger partial charge in [-0.05, 0) is 10.6 Å². The summed E-state index contributed by atoms with van der Waals surface area (Å²) >= 11 is 0. The van der Waals surface area contributed by atoms with Gasteiger partial charge in [-0.25, -0.2) is 9.52 Å². The number of urea groups is 1. The van der Waals surface area contributed by atoms with Crippen molar-refractivity contribution in [3.05, 3.63) is 10.4 Å². The van der Waals surface area contributed by atoms with Gasteiger partial charge in [0.1, 0.15) is 0 Å². The Morgan fingerprint density at radius 2 is 2.25 bits per heavy atom. The molecule has 1 heterocycles. The van der Waals surface area contributed by atoms with Crippen LogP contribution in [0, 0.1) is 0 Å². The molecule has 0 aromatic carbocycles.